The first-order valence-electron chi connectivity index (χ1n) is 7.68. The monoisotopic (exact) mass is 259 g/mol. The van der Waals surface area contributed by atoms with Crippen molar-refractivity contribution in [2.24, 2.45) is 17.1 Å². The lowest BCUT2D eigenvalue weighted by Crippen LogP contribution is -2.36. The molecule has 0 radical (unpaired) electrons. The van der Waals surface area contributed by atoms with Gasteiger partial charge in [0.2, 0.25) is 0 Å². The third kappa shape index (κ3) is 4.07. The second-order valence-corrected chi connectivity index (χ2v) is 7.37. The summed E-state index contributed by atoms with van der Waals surface area (Å²) in [5.41, 5.74) is 11.1. The largest absolute Gasteiger partial charge is 0.327 e. The van der Waals surface area contributed by atoms with Crippen molar-refractivity contribution in [2.45, 2.75) is 65.8 Å². The van der Waals surface area contributed by atoms with Gasteiger partial charge in [-0.25, -0.2) is 0 Å². The van der Waals surface area contributed by atoms with E-state index >= 15 is 0 Å². The molecule has 1 aromatic rings. The molecule has 0 bridgehead atoms. The maximum atomic E-state index is 6.47. The maximum absolute atomic E-state index is 6.47. The van der Waals surface area contributed by atoms with E-state index in [0.29, 0.717) is 17.4 Å². The molecule has 1 saturated carbocycles. The predicted octanol–water partition coefficient (Wildman–Crippen LogP) is 4.39. The van der Waals surface area contributed by atoms with E-state index in [-0.39, 0.29) is 0 Å². The van der Waals surface area contributed by atoms with Crippen LogP contribution in [0.4, 0.5) is 0 Å². The summed E-state index contributed by atoms with van der Waals surface area (Å²) in [5, 5.41) is 0. The lowest BCUT2D eigenvalue weighted by atomic mass is 9.70. The lowest BCUT2D eigenvalue weighted by molar-refractivity contribution is 0.173. The van der Waals surface area contributed by atoms with Gasteiger partial charge in [-0.3, -0.25) is 0 Å². The molecule has 1 unspecified atom stereocenters. The van der Waals surface area contributed by atoms with E-state index in [9.17, 15) is 0 Å². The zero-order valence-corrected chi connectivity index (χ0v) is 13.0. The Morgan fingerprint density at radius 2 is 1.63 bits per heavy atom. The number of rotatable bonds is 3. The minimum absolute atomic E-state index is 0.331. The highest BCUT2D eigenvalue weighted by Gasteiger charge is 2.29. The minimum atomic E-state index is 0.331. The smallest absolute Gasteiger partial charge is 0.0108 e. The Labute approximate surface area is 118 Å². The van der Waals surface area contributed by atoms with Gasteiger partial charge in [-0.1, -0.05) is 43.2 Å². The Hall–Kier alpha value is -0.820. The van der Waals surface area contributed by atoms with Crippen molar-refractivity contribution in [3.63, 3.8) is 0 Å². The first-order valence-corrected chi connectivity index (χ1v) is 7.68. The van der Waals surface area contributed by atoms with Crippen LogP contribution in [-0.4, -0.2) is 6.04 Å². The van der Waals surface area contributed by atoms with Gasteiger partial charge >= 0.3 is 0 Å². The standard InChI is InChI=1S/C18H29N/c1-13-9-14(2)11-15(10-13)12-17(19)16-5-7-18(3,4)8-6-16/h9-11,16-17H,5-8,12,19H2,1-4H3. The van der Waals surface area contributed by atoms with E-state index in [2.05, 4.69) is 45.9 Å². The molecule has 1 aliphatic rings. The average molecular weight is 259 g/mol. The van der Waals surface area contributed by atoms with E-state index in [1.807, 2.05) is 0 Å². The molecule has 0 aromatic heterocycles. The third-order valence-electron chi connectivity index (χ3n) is 4.74. The van der Waals surface area contributed by atoms with Gasteiger partial charge in [0.05, 0.1) is 0 Å². The SMILES string of the molecule is Cc1cc(C)cc(CC(N)C2CCC(C)(C)CC2)c1. The second-order valence-electron chi connectivity index (χ2n) is 7.37. The van der Waals surface area contributed by atoms with Gasteiger partial charge in [-0.15, -0.1) is 0 Å². The summed E-state index contributed by atoms with van der Waals surface area (Å²) in [6.07, 6.45) is 6.31. The topological polar surface area (TPSA) is 26.0 Å². The van der Waals surface area contributed by atoms with Gasteiger partial charge in [0, 0.05) is 6.04 Å². The second kappa shape index (κ2) is 5.66. The first-order chi connectivity index (χ1) is 8.85. The van der Waals surface area contributed by atoms with Gasteiger partial charge in [-0.05, 0) is 62.8 Å². The van der Waals surface area contributed by atoms with Gasteiger partial charge < -0.3 is 5.73 Å². The highest BCUT2D eigenvalue weighted by Crippen LogP contribution is 2.39. The van der Waals surface area contributed by atoms with Gasteiger partial charge in [-0.2, -0.15) is 0 Å². The van der Waals surface area contributed by atoms with E-state index in [1.165, 1.54) is 42.4 Å². The Morgan fingerprint density at radius 1 is 1.11 bits per heavy atom. The fourth-order valence-electron chi connectivity index (χ4n) is 3.48. The molecule has 19 heavy (non-hydrogen) atoms. The highest BCUT2D eigenvalue weighted by atomic mass is 14.7. The Kier molecular flexibility index (Phi) is 4.35. The molecular formula is C18H29N. The Bertz CT molecular complexity index is 403. The molecular weight excluding hydrogens is 230 g/mol. The lowest BCUT2D eigenvalue weighted by Gasteiger charge is -2.37. The van der Waals surface area contributed by atoms with Gasteiger partial charge in [0.15, 0.2) is 0 Å². The van der Waals surface area contributed by atoms with Crippen LogP contribution >= 0.6 is 0 Å². The first kappa shape index (κ1) is 14.6. The summed E-state index contributed by atoms with van der Waals surface area (Å²) < 4.78 is 0. The number of nitrogens with two attached hydrogens (primary N) is 1. The Morgan fingerprint density at radius 3 is 2.16 bits per heavy atom. The van der Waals surface area contributed by atoms with Crippen LogP contribution in [0.1, 0.15) is 56.2 Å². The summed E-state index contributed by atoms with van der Waals surface area (Å²) in [7, 11) is 0. The molecule has 1 aliphatic carbocycles. The van der Waals surface area contributed by atoms with Crippen LogP contribution in [0.3, 0.4) is 0 Å². The zero-order valence-electron chi connectivity index (χ0n) is 13.0. The van der Waals surface area contributed by atoms with E-state index in [1.54, 1.807) is 0 Å². The van der Waals surface area contributed by atoms with Crippen LogP contribution in [0, 0.1) is 25.2 Å². The van der Waals surface area contributed by atoms with Crippen molar-refractivity contribution in [3.05, 3.63) is 34.9 Å². The molecule has 1 nitrogen and oxygen atoms in total. The molecule has 1 aromatic carbocycles. The predicted molar refractivity (Wildman–Crippen MR) is 83.3 cm³/mol. The van der Waals surface area contributed by atoms with Crippen LogP contribution in [-0.2, 0) is 6.42 Å². The Balaban J connectivity index is 1.96. The van der Waals surface area contributed by atoms with Crippen LogP contribution in [0.15, 0.2) is 18.2 Å². The number of hydrogen-bond acceptors (Lipinski definition) is 1. The van der Waals surface area contributed by atoms with Crippen LogP contribution in [0.5, 0.6) is 0 Å². The van der Waals surface area contributed by atoms with E-state index in [4.69, 9.17) is 5.73 Å². The third-order valence-corrected chi connectivity index (χ3v) is 4.74. The molecule has 0 saturated heterocycles. The summed E-state index contributed by atoms with van der Waals surface area (Å²) >= 11 is 0. The molecule has 0 heterocycles. The normalized spacial score (nSPS) is 21.3. The van der Waals surface area contributed by atoms with E-state index < -0.39 is 0 Å². The molecule has 106 valence electrons. The fraction of sp³-hybridized carbons (Fsp3) is 0.667. The molecule has 0 aliphatic heterocycles. The number of aryl methyl sites for hydroxylation is 2. The maximum Gasteiger partial charge on any atom is 0.0108 e. The molecule has 0 spiro atoms. The molecule has 1 atom stereocenters. The van der Waals surface area contributed by atoms with Gasteiger partial charge in [0.25, 0.3) is 0 Å². The number of hydrogen-bond donors (Lipinski definition) is 1. The number of benzene rings is 1. The molecule has 2 rings (SSSR count). The zero-order chi connectivity index (χ0) is 14.0. The van der Waals surface area contributed by atoms with Crippen molar-refractivity contribution in [3.8, 4) is 0 Å². The van der Waals surface area contributed by atoms with Crippen molar-refractivity contribution >= 4 is 0 Å². The average Bonchev–Trinajstić information content (AvgIpc) is 2.26. The molecule has 1 fully saturated rings. The summed E-state index contributed by atoms with van der Waals surface area (Å²) in [4.78, 5) is 0. The van der Waals surface area contributed by atoms with Crippen molar-refractivity contribution in [1.29, 1.82) is 0 Å². The minimum Gasteiger partial charge on any atom is -0.327 e. The highest BCUT2D eigenvalue weighted by molar-refractivity contribution is 5.29. The molecule has 1 heteroatoms. The van der Waals surface area contributed by atoms with Crippen LogP contribution in [0.25, 0.3) is 0 Å². The fourth-order valence-corrected chi connectivity index (χ4v) is 3.48. The van der Waals surface area contributed by atoms with Crippen molar-refractivity contribution in [1.82, 2.24) is 0 Å². The summed E-state index contributed by atoms with van der Waals surface area (Å²) in [5.74, 6) is 0.717. The van der Waals surface area contributed by atoms with Crippen molar-refractivity contribution < 1.29 is 0 Å². The quantitative estimate of drug-likeness (QED) is 0.856. The summed E-state index contributed by atoms with van der Waals surface area (Å²) in [6.45, 7) is 9.12. The van der Waals surface area contributed by atoms with Crippen LogP contribution in [0.2, 0.25) is 0 Å². The van der Waals surface area contributed by atoms with E-state index in [0.717, 1.165) is 6.42 Å². The molecule has 2 N–H and O–H groups in total. The van der Waals surface area contributed by atoms with Gasteiger partial charge in [0.1, 0.15) is 0 Å². The van der Waals surface area contributed by atoms with Crippen LogP contribution < -0.4 is 5.73 Å². The van der Waals surface area contributed by atoms with Crippen molar-refractivity contribution in [2.75, 3.05) is 0 Å². The summed E-state index contributed by atoms with van der Waals surface area (Å²) in [6, 6.07) is 7.15. The molecule has 0 amide bonds.